The Kier molecular flexibility index (Phi) is 7.95. The van der Waals surface area contributed by atoms with Crippen LogP contribution in [0.4, 0.5) is 0 Å². The summed E-state index contributed by atoms with van der Waals surface area (Å²) in [5, 5.41) is 13.6. The van der Waals surface area contributed by atoms with Crippen molar-refractivity contribution in [2.45, 2.75) is 62.6 Å². The molecule has 32 heavy (non-hydrogen) atoms. The van der Waals surface area contributed by atoms with Gasteiger partial charge in [0.15, 0.2) is 9.84 Å². The van der Waals surface area contributed by atoms with Crippen molar-refractivity contribution in [3.63, 3.8) is 0 Å². The largest absolute Gasteiger partial charge is 0.391 e. The van der Waals surface area contributed by atoms with Crippen molar-refractivity contribution in [1.29, 1.82) is 0 Å². The normalized spacial score (nSPS) is 26.8. The van der Waals surface area contributed by atoms with Crippen LogP contribution in [0.5, 0.6) is 0 Å². The third kappa shape index (κ3) is 5.88. The van der Waals surface area contributed by atoms with Crippen molar-refractivity contribution in [2.75, 3.05) is 32.4 Å². The Morgan fingerprint density at radius 2 is 2.00 bits per heavy atom. The van der Waals surface area contributed by atoms with Gasteiger partial charge in [0.1, 0.15) is 0 Å². The molecule has 2 heterocycles. The lowest BCUT2D eigenvalue weighted by Gasteiger charge is -2.30. The smallest absolute Gasteiger partial charge is 0.253 e. The number of amides is 2. The van der Waals surface area contributed by atoms with Crippen LogP contribution in [0.3, 0.4) is 0 Å². The van der Waals surface area contributed by atoms with Gasteiger partial charge in [0.05, 0.1) is 22.8 Å². The molecular formula is C23H35N3O5S. The van der Waals surface area contributed by atoms with E-state index in [0.29, 0.717) is 37.4 Å². The van der Waals surface area contributed by atoms with E-state index in [1.54, 1.807) is 29.0 Å². The molecule has 1 aromatic rings. The molecule has 2 aliphatic heterocycles. The second-order valence-corrected chi connectivity index (χ2v) is 11.4. The highest BCUT2D eigenvalue weighted by molar-refractivity contribution is 7.91. The second-order valence-electron chi connectivity index (χ2n) is 9.40. The molecular weight excluding hydrogens is 430 g/mol. The average Bonchev–Trinajstić information content (AvgIpc) is 3.10. The second kappa shape index (κ2) is 10.3. The molecule has 178 valence electrons. The number of nitrogens with zero attached hydrogens (tertiary/aromatic N) is 2. The van der Waals surface area contributed by atoms with Gasteiger partial charge in [-0.15, -0.1) is 0 Å². The lowest BCUT2D eigenvalue weighted by atomic mass is 10.1. The van der Waals surface area contributed by atoms with Crippen LogP contribution >= 0.6 is 0 Å². The minimum Gasteiger partial charge on any atom is -0.391 e. The molecule has 0 unspecified atom stereocenters. The summed E-state index contributed by atoms with van der Waals surface area (Å²) in [4.78, 5) is 29.4. The fourth-order valence-electron chi connectivity index (χ4n) is 4.41. The molecule has 0 spiro atoms. The molecule has 0 aliphatic carbocycles. The number of carbonyl (C=O) groups excluding carboxylic acids is 2. The predicted molar refractivity (Wildman–Crippen MR) is 122 cm³/mol. The maximum Gasteiger partial charge on any atom is 0.253 e. The summed E-state index contributed by atoms with van der Waals surface area (Å²) in [6.07, 6.45) is 1.56. The van der Waals surface area contributed by atoms with Crippen molar-refractivity contribution in [3.8, 4) is 0 Å². The van der Waals surface area contributed by atoms with Crippen LogP contribution < -0.4 is 5.32 Å². The van der Waals surface area contributed by atoms with Crippen molar-refractivity contribution in [3.05, 3.63) is 29.8 Å². The molecule has 2 N–H and O–H groups in total. The zero-order valence-electron chi connectivity index (χ0n) is 19.2. The number of nitrogens with one attached hydrogen (secondary N) is 1. The van der Waals surface area contributed by atoms with Crippen LogP contribution in [-0.4, -0.2) is 85.8 Å². The minimum absolute atomic E-state index is 0.0641. The fraction of sp³-hybridized carbons (Fsp3) is 0.652. The van der Waals surface area contributed by atoms with Gasteiger partial charge in [-0.3, -0.25) is 9.59 Å². The van der Waals surface area contributed by atoms with Crippen LogP contribution in [-0.2, 0) is 14.6 Å². The third-order valence-corrected chi connectivity index (χ3v) is 8.07. The van der Waals surface area contributed by atoms with E-state index in [9.17, 15) is 23.1 Å². The Labute approximate surface area is 190 Å². The number of benzene rings is 1. The highest BCUT2D eigenvalue weighted by Gasteiger charge is 2.39. The van der Waals surface area contributed by atoms with Gasteiger partial charge < -0.3 is 20.2 Å². The first kappa shape index (κ1) is 24.7. The summed E-state index contributed by atoms with van der Waals surface area (Å²) in [6, 6.07) is 5.01. The number of sulfone groups is 1. The third-order valence-electron chi connectivity index (χ3n) is 6.27. The molecule has 1 saturated heterocycles. The van der Waals surface area contributed by atoms with E-state index in [1.165, 1.54) is 12.1 Å². The first-order valence-electron chi connectivity index (χ1n) is 11.4. The zero-order chi connectivity index (χ0) is 23.5. The van der Waals surface area contributed by atoms with E-state index in [1.807, 2.05) is 0 Å². The van der Waals surface area contributed by atoms with E-state index in [0.717, 1.165) is 6.42 Å². The van der Waals surface area contributed by atoms with E-state index in [4.69, 9.17) is 0 Å². The van der Waals surface area contributed by atoms with Gasteiger partial charge in [-0.25, -0.2) is 8.42 Å². The number of hydrogen-bond donors (Lipinski definition) is 2. The Bertz CT molecular complexity index is 933. The molecule has 0 aromatic heterocycles. The van der Waals surface area contributed by atoms with Crippen LogP contribution in [0, 0.1) is 5.92 Å². The summed E-state index contributed by atoms with van der Waals surface area (Å²) in [7, 11) is -2.07. The summed E-state index contributed by atoms with van der Waals surface area (Å²) < 4.78 is 26.3. The molecule has 2 amide bonds. The van der Waals surface area contributed by atoms with Crippen LogP contribution in [0.2, 0.25) is 0 Å². The van der Waals surface area contributed by atoms with Crippen molar-refractivity contribution >= 4 is 21.7 Å². The fourth-order valence-corrected chi connectivity index (χ4v) is 6.01. The maximum atomic E-state index is 13.4. The van der Waals surface area contributed by atoms with Crippen molar-refractivity contribution < 1.29 is 23.1 Å². The Morgan fingerprint density at radius 1 is 1.25 bits per heavy atom. The number of carbonyl (C=O) groups is 2. The van der Waals surface area contributed by atoms with Crippen LogP contribution in [0.1, 0.15) is 49.9 Å². The van der Waals surface area contributed by atoms with E-state index < -0.39 is 28.0 Å². The standard InChI is InChI=1S/C23H35N3O5S/c1-16(2)9-10-24-21-8-5-11-25(3)22(28)17-6-4-7-20(12-17)32(30,31)15-18-13-19(27)14-26(18)23(21)29/h4,6-7,12,16,18-19,21,24,27H,5,8-11,13-15H2,1-3H3/t18-,19-,21-/m0/s1. The van der Waals surface area contributed by atoms with E-state index in [-0.39, 0.29) is 35.4 Å². The lowest BCUT2D eigenvalue weighted by molar-refractivity contribution is -0.134. The Hall–Kier alpha value is -1.97. The number of aliphatic hydroxyl groups is 1. The zero-order valence-corrected chi connectivity index (χ0v) is 20.0. The SMILES string of the molecule is CC(C)CCN[C@H]1CCCN(C)C(=O)c2cccc(c2)S(=O)(=O)C[C@@H]2C[C@H](O)CN2C1=O. The minimum atomic E-state index is -3.75. The number of aliphatic hydroxyl groups excluding tert-OH is 1. The lowest BCUT2D eigenvalue weighted by Crippen LogP contribution is -2.50. The molecule has 1 fully saturated rings. The van der Waals surface area contributed by atoms with Gasteiger partial charge in [-0.05, 0) is 56.3 Å². The molecule has 3 atom stereocenters. The van der Waals surface area contributed by atoms with Crippen molar-refractivity contribution in [1.82, 2.24) is 15.1 Å². The molecule has 2 aliphatic rings. The summed E-state index contributed by atoms with van der Waals surface area (Å²) in [5.74, 6) is -0.208. The summed E-state index contributed by atoms with van der Waals surface area (Å²) in [6.45, 7) is 5.50. The molecule has 0 radical (unpaired) electrons. The monoisotopic (exact) mass is 465 g/mol. The van der Waals surface area contributed by atoms with Gasteiger partial charge in [0, 0.05) is 31.7 Å². The molecule has 8 nitrogen and oxygen atoms in total. The molecule has 1 aromatic carbocycles. The van der Waals surface area contributed by atoms with Gasteiger partial charge >= 0.3 is 0 Å². The highest BCUT2D eigenvalue weighted by atomic mass is 32.2. The molecule has 3 rings (SSSR count). The number of fused-ring (bicyclic) bond motifs is 3. The topological polar surface area (TPSA) is 107 Å². The number of rotatable bonds is 4. The first-order chi connectivity index (χ1) is 15.1. The van der Waals surface area contributed by atoms with Crippen molar-refractivity contribution in [2.24, 2.45) is 5.92 Å². The van der Waals surface area contributed by atoms with Gasteiger partial charge in [0.25, 0.3) is 5.91 Å². The first-order valence-corrected chi connectivity index (χ1v) is 13.0. The average molecular weight is 466 g/mol. The summed E-state index contributed by atoms with van der Waals surface area (Å²) in [5.41, 5.74) is 0.330. The van der Waals surface area contributed by atoms with Gasteiger partial charge in [-0.2, -0.15) is 0 Å². The molecule has 2 bridgehead atoms. The Morgan fingerprint density at radius 3 is 2.72 bits per heavy atom. The quantitative estimate of drug-likeness (QED) is 0.694. The summed E-state index contributed by atoms with van der Waals surface area (Å²) >= 11 is 0. The van der Waals surface area contributed by atoms with E-state index in [2.05, 4.69) is 19.2 Å². The predicted octanol–water partition coefficient (Wildman–Crippen LogP) is 1.29. The highest BCUT2D eigenvalue weighted by Crippen LogP contribution is 2.25. The van der Waals surface area contributed by atoms with Gasteiger partial charge in [-0.1, -0.05) is 19.9 Å². The Balaban J connectivity index is 1.93. The van der Waals surface area contributed by atoms with Crippen LogP contribution in [0.25, 0.3) is 0 Å². The molecule has 0 saturated carbocycles. The van der Waals surface area contributed by atoms with E-state index >= 15 is 0 Å². The molecule has 9 heteroatoms. The van der Waals surface area contributed by atoms with Gasteiger partial charge in [0.2, 0.25) is 5.91 Å². The van der Waals surface area contributed by atoms with Crippen LogP contribution in [0.15, 0.2) is 29.2 Å². The number of hydrogen-bond acceptors (Lipinski definition) is 6. The maximum absolute atomic E-state index is 13.4.